The van der Waals surface area contributed by atoms with Crippen LogP contribution in [0.25, 0.3) is 11.2 Å². The molecule has 1 aliphatic heterocycles. The topological polar surface area (TPSA) is 119 Å². The highest BCUT2D eigenvalue weighted by Gasteiger charge is 2.44. The number of hydrogen-bond acceptors (Lipinski definition) is 8. The van der Waals surface area contributed by atoms with Gasteiger partial charge in [-0.05, 0) is 17.9 Å². The van der Waals surface area contributed by atoms with Crippen molar-refractivity contribution in [1.29, 1.82) is 0 Å². The molecule has 0 bridgehead atoms. The quantitative estimate of drug-likeness (QED) is 0.675. The molecular formula is C11H14ClN5O3S. The lowest BCUT2D eigenvalue weighted by Crippen LogP contribution is -2.32. The molecule has 4 atom stereocenters. The van der Waals surface area contributed by atoms with Crippen molar-refractivity contribution in [1.82, 2.24) is 19.5 Å². The Morgan fingerprint density at radius 2 is 2.19 bits per heavy atom. The molecule has 8 nitrogen and oxygen atoms in total. The van der Waals surface area contributed by atoms with E-state index in [1.54, 1.807) is 0 Å². The van der Waals surface area contributed by atoms with Gasteiger partial charge >= 0.3 is 0 Å². The SMILES string of the molecule is CSC[C@H]1OC(n2cnc3c(N)nc(Cl)nc32)[C@H](O)[C@@H]1O. The molecule has 21 heavy (non-hydrogen) atoms. The maximum absolute atomic E-state index is 10.2. The van der Waals surface area contributed by atoms with Crippen molar-refractivity contribution in [3.63, 3.8) is 0 Å². The van der Waals surface area contributed by atoms with Crippen molar-refractivity contribution >= 4 is 40.3 Å². The first kappa shape index (κ1) is 14.8. The lowest BCUT2D eigenvalue weighted by molar-refractivity contribution is -0.0288. The summed E-state index contributed by atoms with van der Waals surface area (Å²) in [4.78, 5) is 12.0. The van der Waals surface area contributed by atoms with Gasteiger partial charge < -0.3 is 20.7 Å². The van der Waals surface area contributed by atoms with Crippen LogP contribution in [0.3, 0.4) is 0 Å². The zero-order valence-electron chi connectivity index (χ0n) is 11.0. The van der Waals surface area contributed by atoms with E-state index >= 15 is 0 Å². The van der Waals surface area contributed by atoms with Crippen LogP contribution in [0.15, 0.2) is 6.33 Å². The van der Waals surface area contributed by atoms with Gasteiger partial charge in [-0.25, -0.2) is 4.98 Å². The fourth-order valence-corrected chi connectivity index (χ4v) is 3.13. The summed E-state index contributed by atoms with van der Waals surface area (Å²) < 4.78 is 7.22. The van der Waals surface area contributed by atoms with Crippen molar-refractivity contribution in [3.8, 4) is 0 Å². The first-order valence-electron chi connectivity index (χ1n) is 6.19. The molecule has 10 heteroatoms. The molecule has 4 N–H and O–H groups in total. The number of ether oxygens (including phenoxy) is 1. The second-order valence-corrected chi connectivity index (χ2v) is 5.95. The number of anilines is 1. The van der Waals surface area contributed by atoms with E-state index in [0.29, 0.717) is 16.9 Å². The molecule has 2 aromatic heterocycles. The summed E-state index contributed by atoms with van der Waals surface area (Å²) in [6.45, 7) is 0. The Bertz CT molecular complexity index is 669. The van der Waals surface area contributed by atoms with Gasteiger partial charge in [0.1, 0.15) is 17.7 Å². The number of aliphatic hydroxyl groups is 2. The van der Waals surface area contributed by atoms with E-state index in [4.69, 9.17) is 22.1 Å². The maximum Gasteiger partial charge on any atom is 0.226 e. The summed E-state index contributed by atoms with van der Waals surface area (Å²) in [5.41, 5.74) is 6.47. The highest BCUT2D eigenvalue weighted by atomic mass is 35.5. The van der Waals surface area contributed by atoms with E-state index in [1.807, 2.05) is 6.26 Å². The minimum absolute atomic E-state index is 0.0181. The van der Waals surface area contributed by atoms with Gasteiger partial charge in [0.15, 0.2) is 17.7 Å². The Hall–Kier alpha value is -1.13. The van der Waals surface area contributed by atoms with Gasteiger partial charge in [0.25, 0.3) is 0 Å². The Morgan fingerprint density at radius 3 is 2.90 bits per heavy atom. The number of halogens is 1. The molecule has 3 heterocycles. The Kier molecular flexibility index (Phi) is 3.93. The van der Waals surface area contributed by atoms with Crippen LogP contribution in [0.1, 0.15) is 6.23 Å². The van der Waals surface area contributed by atoms with Crippen LogP contribution in [-0.2, 0) is 4.74 Å². The molecule has 0 aliphatic carbocycles. The molecule has 0 amide bonds. The van der Waals surface area contributed by atoms with E-state index < -0.39 is 24.5 Å². The number of nitrogens with zero attached hydrogens (tertiary/aromatic N) is 4. The number of nitrogen functional groups attached to an aromatic ring is 1. The minimum Gasteiger partial charge on any atom is -0.387 e. The summed E-state index contributed by atoms with van der Waals surface area (Å²) in [5, 5.41) is 20.2. The standard InChI is InChI=1S/C11H14ClN5O3S/c1-21-2-4-6(18)7(19)10(20-4)17-3-14-5-8(13)15-11(12)16-9(5)17/h3-4,6-7,10,18-19H,2H2,1H3,(H2,13,15,16)/t4-,6-,7-,10?/m1/s1. The maximum atomic E-state index is 10.2. The van der Waals surface area contributed by atoms with Crippen LogP contribution in [0.2, 0.25) is 5.28 Å². The van der Waals surface area contributed by atoms with E-state index in [-0.39, 0.29) is 11.1 Å². The normalized spacial score (nSPS) is 29.3. The van der Waals surface area contributed by atoms with Crippen LogP contribution in [0.5, 0.6) is 0 Å². The van der Waals surface area contributed by atoms with Gasteiger partial charge in [-0.2, -0.15) is 21.7 Å². The Balaban J connectivity index is 2.01. The van der Waals surface area contributed by atoms with E-state index in [9.17, 15) is 10.2 Å². The van der Waals surface area contributed by atoms with Crippen molar-refractivity contribution in [2.45, 2.75) is 24.5 Å². The highest BCUT2D eigenvalue weighted by molar-refractivity contribution is 7.98. The molecule has 0 spiro atoms. The van der Waals surface area contributed by atoms with Gasteiger partial charge in [-0.3, -0.25) is 4.57 Å². The molecule has 1 aliphatic rings. The Morgan fingerprint density at radius 1 is 1.43 bits per heavy atom. The van der Waals surface area contributed by atoms with Crippen molar-refractivity contribution in [2.24, 2.45) is 0 Å². The first-order valence-corrected chi connectivity index (χ1v) is 7.96. The Labute approximate surface area is 129 Å². The molecule has 1 unspecified atom stereocenters. The number of hydrogen-bond donors (Lipinski definition) is 3. The van der Waals surface area contributed by atoms with Gasteiger partial charge in [-0.15, -0.1) is 0 Å². The zero-order chi connectivity index (χ0) is 15.1. The largest absolute Gasteiger partial charge is 0.387 e. The molecule has 0 saturated carbocycles. The lowest BCUT2D eigenvalue weighted by Gasteiger charge is -2.16. The van der Waals surface area contributed by atoms with Crippen LogP contribution in [-0.4, -0.2) is 60.1 Å². The van der Waals surface area contributed by atoms with Crippen LogP contribution < -0.4 is 5.73 Å². The molecule has 2 aromatic rings. The minimum atomic E-state index is -1.09. The molecule has 0 radical (unpaired) electrons. The highest BCUT2D eigenvalue weighted by Crippen LogP contribution is 2.33. The van der Waals surface area contributed by atoms with Gasteiger partial charge in [0, 0.05) is 5.75 Å². The van der Waals surface area contributed by atoms with Crippen molar-refractivity contribution in [2.75, 3.05) is 17.7 Å². The summed E-state index contributed by atoms with van der Waals surface area (Å²) >= 11 is 7.33. The average molecular weight is 332 g/mol. The predicted molar refractivity (Wildman–Crippen MR) is 79.1 cm³/mol. The number of fused-ring (bicyclic) bond motifs is 1. The number of thioether (sulfide) groups is 1. The molecule has 114 valence electrons. The second kappa shape index (κ2) is 5.58. The monoisotopic (exact) mass is 331 g/mol. The first-order chi connectivity index (χ1) is 10.0. The smallest absolute Gasteiger partial charge is 0.226 e. The average Bonchev–Trinajstić information content (AvgIpc) is 2.96. The molecule has 0 aromatic carbocycles. The summed E-state index contributed by atoms with van der Waals surface area (Å²) in [6, 6.07) is 0. The third kappa shape index (κ3) is 2.44. The van der Waals surface area contributed by atoms with E-state index in [1.165, 1.54) is 22.7 Å². The molecule has 1 saturated heterocycles. The third-order valence-corrected chi connectivity index (χ3v) is 4.19. The fourth-order valence-electron chi connectivity index (χ4n) is 2.36. The van der Waals surface area contributed by atoms with Crippen LogP contribution >= 0.6 is 23.4 Å². The summed E-state index contributed by atoms with van der Waals surface area (Å²) in [5.74, 6) is 0.719. The van der Waals surface area contributed by atoms with Gasteiger partial charge in [0.2, 0.25) is 5.28 Å². The fraction of sp³-hybridized carbons (Fsp3) is 0.545. The summed E-state index contributed by atoms with van der Waals surface area (Å²) in [7, 11) is 0. The zero-order valence-corrected chi connectivity index (χ0v) is 12.6. The number of imidazole rings is 1. The number of aromatic nitrogens is 4. The predicted octanol–water partition coefficient (Wildman–Crippen LogP) is 0.0441. The third-order valence-electron chi connectivity index (χ3n) is 3.36. The number of aliphatic hydroxyl groups excluding tert-OH is 2. The summed E-state index contributed by atoms with van der Waals surface area (Å²) in [6.07, 6.45) is 0.00760. The van der Waals surface area contributed by atoms with E-state index in [2.05, 4.69) is 15.0 Å². The molecular weight excluding hydrogens is 318 g/mol. The lowest BCUT2D eigenvalue weighted by atomic mass is 10.1. The van der Waals surface area contributed by atoms with Crippen molar-refractivity contribution < 1.29 is 14.9 Å². The molecule has 3 rings (SSSR count). The van der Waals surface area contributed by atoms with E-state index in [0.717, 1.165) is 0 Å². The van der Waals surface area contributed by atoms with Crippen LogP contribution in [0, 0.1) is 0 Å². The second-order valence-electron chi connectivity index (χ2n) is 4.70. The van der Waals surface area contributed by atoms with Crippen LogP contribution in [0.4, 0.5) is 5.82 Å². The molecule has 1 fully saturated rings. The van der Waals surface area contributed by atoms with Gasteiger partial charge in [0.05, 0.1) is 12.4 Å². The van der Waals surface area contributed by atoms with Crippen molar-refractivity contribution in [3.05, 3.63) is 11.6 Å². The van der Waals surface area contributed by atoms with Gasteiger partial charge in [-0.1, -0.05) is 0 Å². The number of rotatable bonds is 3. The number of nitrogens with two attached hydrogens (primary N) is 1.